The van der Waals surface area contributed by atoms with Gasteiger partial charge in [0.2, 0.25) is 5.88 Å². The Bertz CT molecular complexity index is 695. The van der Waals surface area contributed by atoms with Gasteiger partial charge in [0.25, 0.3) is 5.91 Å². The highest BCUT2D eigenvalue weighted by Crippen LogP contribution is 2.18. The summed E-state index contributed by atoms with van der Waals surface area (Å²) in [5.74, 6) is -1.72. The van der Waals surface area contributed by atoms with Crippen molar-refractivity contribution in [1.82, 2.24) is 10.3 Å². The third kappa shape index (κ3) is 4.38. The maximum atomic E-state index is 13.4. The summed E-state index contributed by atoms with van der Waals surface area (Å²) < 4.78 is 36.5. The molecule has 1 amide bonds. The molecule has 0 aliphatic carbocycles. The fraction of sp³-hybridized carbons (Fsp3) is 0.250. The van der Waals surface area contributed by atoms with E-state index in [1.807, 2.05) is 0 Å². The predicted octanol–water partition coefficient (Wildman–Crippen LogP) is 2.57. The number of hydrogen-bond donors (Lipinski definition) is 1. The van der Waals surface area contributed by atoms with Crippen LogP contribution < -0.4 is 14.8 Å². The van der Waals surface area contributed by atoms with Gasteiger partial charge >= 0.3 is 0 Å². The molecule has 0 saturated carbocycles. The second-order valence-electron chi connectivity index (χ2n) is 4.82. The third-order valence-electron chi connectivity index (χ3n) is 2.97. The van der Waals surface area contributed by atoms with Crippen molar-refractivity contribution in [2.24, 2.45) is 0 Å². The van der Waals surface area contributed by atoms with Crippen LogP contribution in [0, 0.1) is 11.6 Å². The summed E-state index contributed by atoms with van der Waals surface area (Å²) in [7, 11) is 1.42. The molecule has 1 unspecified atom stereocenters. The van der Waals surface area contributed by atoms with Crippen LogP contribution in [-0.2, 0) is 0 Å². The zero-order valence-corrected chi connectivity index (χ0v) is 12.7. The Labute approximate surface area is 132 Å². The first-order valence-electron chi connectivity index (χ1n) is 6.89. The summed E-state index contributed by atoms with van der Waals surface area (Å²) in [6, 6.07) is 5.82. The van der Waals surface area contributed by atoms with Crippen molar-refractivity contribution in [3.63, 3.8) is 0 Å². The van der Waals surface area contributed by atoms with Crippen LogP contribution in [0.3, 0.4) is 0 Å². The van der Waals surface area contributed by atoms with Gasteiger partial charge in [0.1, 0.15) is 18.0 Å². The molecule has 122 valence electrons. The Morgan fingerprint density at radius 2 is 2.13 bits per heavy atom. The fourth-order valence-electron chi connectivity index (χ4n) is 1.88. The summed E-state index contributed by atoms with van der Waals surface area (Å²) in [5.41, 5.74) is 0.287. The number of hydrogen-bond acceptors (Lipinski definition) is 4. The van der Waals surface area contributed by atoms with Crippen LogP contribution >= 0.6 is 0 Å². The van der Waals surface area contributed by atoms with E-state index in [1.165, 1.54) is 19.4 Å². The predicted molar refractivity (Wildman–Crippen MR) is 79.6 cm³/mol. The van der Waals surface area contributed by atoms with Crippen molar-refractivity contribution in [2.45, 2.75) is 13.0 Å². The number of benzene rings is 1. The zero-order valence-electron chi connectivity index (χ0n) is 12.7. The van der Waals surface area contributed by atoms with Gasteiger partial charge < -0.3 is 14.8 Å². The van der Waals surface area contributed by atoms with Gasteiger partial charge in [-0.25, -0.2) is 13.8 Å². The van der Waals surface area contributed by atoms with E-state index in [0.29, 0.717) is 0 Å². The number of amides is 1. The van der Waals surface area contributed by atoms with Gasteiger partial charge in [-0.05, 0) is 31.2 Å². The quantitative estimate of drug-likeness (QED) is 0.888. The molecule has 2 aromatic rings. The number of nitrogens with zero attached hydrogens (tertiary/aromatic N) is 1. The maximum Gasteiger partial charge on any atom is 0.257 e. The molecule has 5 nitrogen and oxygen atoms in total. The number of pyridine rings is 1. The van der Waals surface area contributed by atoms with Crippen LogP contribution in [0.4, 0.5) is 8.78 Å². The lowest BCUT2D eigenvalue weighted by Gasteiger charge is -2.16. The molecule has 0 radical (unpaired) electrons. The van der Waals surface area contributed by atoms with E-state index >= 15 is 0 Å². The molecule has 1 N–H and O–H groups in total. The lowest BCUT2D eigenvalue weighted by Crippen LogP contribution is -2.37. The molecule has 1 heterocycles. The highest BCUT2D eigenvalue weighted by atomic mass is 19.1. The van der Waals surface area contributed by atoms with Gasteiger partial charge in [-0.2, -0.15) is 0 Å². The molecule has 2 rings (SSSR count). The number of aromatic nitrogens is 1. The summed E-state index contributed by atoms with van der Waals surface area (Å²) >= 11 is 0. The summed E-state index contributed by atoms with van der Waals surface area (Å²) in [4.78, 5) is 16.1. The van der Waals surface area contributed by atoms with Gasteiger partial charge in [-0.3, -0.25) is 4.79 Å². The Morgan fingerprint density at radius 1 is 1.35 bits per heavy atom. The highest BCUT2D eigenvalue weighted by molar-refractivity contribution is 5.96. The number of methoxy groups -OCH3 is 1. The van der Waals surface area contributed by atoms with Gasteiger partial charge in [-0.15, -0.1) is 0 Å². The van der Waals surface area contributed by atoms with Gasteiger partial charge in [0.15, 0.2) is 11.6 Å². The number of ether oxygens (including phenoxy) is 2. The van der Waals surface area contributed by atoms with E-state index in [2.05, 4.69) is 10.3 Å². The number of halogens is 2. The molecule has 0 saturated heterocycles. The highest BCUT2D eigenvalue weighted by Gasteiger charge is 2.16. The molecule has 0 aliphatic heterocycles. The third-order valence-corrected chi connectivity index (χ3v) is 2.97. The van der Waals surface area contributed by atoms with Crippen LogP contribution in [0.5, 0.6) is 11.6 Å². The van der Waals surface area contributed by atoms with E-state index < -0.39 is 17.7 Å². The average Bonchev–Trinajstić information content (AvgIpc) is 2.54. The molecule has 1 atom stereocenters. The topological polar surface area (TPSA) is 60.5 Å². The van der Waals surface area contributed by atoms with Gasteiger partial charge in [-0.1, -0.05) is 0 Å². The van der Waals surface area contributed by atoms with Crippen molar-refractivity contribution in [3.05, 3.63) is 53.7 Å². The van der Waals surface area contributed by atoms with Crippen molar-refractivity contribution in [1.29, 1.82) is 0 Å². The van der Waals surface area contributed by atoms with Crippen LogP contribution in [0.2, 0.25) is 0 Å². The molecular weight excluding hydrogens is 306 g/mol. The minimum atomic E-state index is -0.794. The van der Waals surface area contributed by atoms with E-state index in [4.69, 9.17) is 9.47 Å². The summed E-state index contributed by atoms with van der Waals surface area (Å²) in [6.07, 6.45) is 1.51. The molecule has 0 fully saturated rings. The van der Waals surface area contributed by atoms with Gasteiger partial charge in [0, 0.05) is 12.3 Å². The van der Waals surface area contributed by atoms with Crippen LogP contribution in [0.1, 0.15) is 17.3 Å². The lowest BCUT2D eigenvalue weighted by atomic mass is 10.2. The first-order chi connectivity index (χ1) is 11.0. The van der Waals surface area contributed by atoms with Crippen molar-refractivity contribution in [2.75, 3.05) is 13.7 Å². The second kappa shape index (κ2) is 7.53. The molecule has 0 spiro atoms. The Balaban J connectivity index is 1.94. The molecule has 1 aromatic carbocycles. The summed E-state index contributed by atoms with van der Waals surface area (Å²) in [6.45, 7) is 1.72. The monoisotopic (exact) mass is 322 g/mol. The van der Waals surface area contributed by atoms with Crippen LogP contribution in [-0.4, -0.2) is 30.6 Å². The maximum absolute atomic E-state index is 13.4. The minimum absolute atomic E-state index is 0.0247. The molecule has 1 aromatic heterocycles. The molecule has 0 bridgehead atoms. The molecule has 0 aliphatic rings. The van der Waals surface area contributed by atoms with Crippen molar-refractivity contribution >= 4 is 5.91 Å². The first kappa shape index (κ1) is 16.7. The second-order valence-corrected chi connectivity index (χ2v) is 4.82. The van der Waals surface area contributed by atoms with Crippen molar-refractivity contribution in [3.8, 4) is 11.6 Å². The number of carbonyl (C=O) groups is 1. The minimum Gasteiger partial charge on any atom is -0.488 e. The summed E-state index contributed by atoms with van der Waals surface area (Å²) in [5, 5.41) is 2.69. The van der Waals surface area contributed by atoms with Crippen LogP contribution in [0.25, 0.3) is 0 Å². The van der Waals surface area contributed by atoms with E-state index in [9.17, 15) is 13.6 Å². The van der Waals surface area contributed by atoms with Gasteiger partial charge in [0.05, 0.1) is 13.2 Å². The zero-order chi connectivity index (χ0) is 16.8. The Kier molecular flexibility index (Phi) is 5.46. The first-order valence-corrected chi connectivity index (χ1v) is 6.89. The lowest BCUT2D eigenvalue weighted by molar-refractivity contribution is 0.0922. The van der Waals surface area contributed by atoms with E-state index in [0.717, 1.165) is 12.1 Å². The van der Waals surface area contributed by atoms with Crippen LogP contribution in [0.15, 0.2) is 36.5 Å². The fourth-order valence-corrected chi connectivity index (χ4v) is 1.88. The average molecular weight is 322 g/mol. The molecule has 23 heavy (non-hydrogen) atoms. The Morgan fingerprint density at radius 3 is 2.83 bits per heavy atom. The largest absolute Gasteiger partial charge is 0.488 e. The molecule has 7 heteroatoms. The number of rotatable bonds is 6. The SMILES string of the molecule is COc1ncccc1C(=O)NC(C)COc1ccc(F)cc1F. The smallest absolute Gasteiger partial charge is 0.257 e. The normalized spacial score (nSPS) is 11.7. The number of nitrogens with one attached hydrogen (secondary N) is 1. The number of carbonyl (C=O) groups excluding carboxylic acids is 1. The van der Waals surface area contributed by atoms with Crippen molar-refractivity contribution < 1.29 is 23.0 Å². The van der Waals surface area contributed by atoms with E-state index in [1.54, 1.807) is 19.1 Å². The van der Waals surface area contributed by atoms with E-state index in [-0.39, 0.29) is 29.7 Å². The standard InChI is InChI=1S/C16H16F2N2O3/c1-10(9-23-14-6-5-11(17)8-13(14)18)20-15(21)12-4-3-7-19-16(12)22-2/h3-8,10H,9H2,1-2H3,(H,20,21). The molecular formula is C16H16F2N2O3. The Hall–Kier alpha value is -2.70.